The molecule has 1 fully saturated rings. The van der Waals surface area contributed by atoms with Gasteiger partial charge >= 0.3 is 0 Å². The van der Waals surface area contributed by atoms with Crippen molar-refractivity contribution in [2.24, 2.45) is 0 Å². The summed E-state index contributed by atoms with van der Waals surface area (Å²) in [6, 6.07) is 24.8. The molecule has 1 saturated heterocycles. The van der Waals surface area contributed by atoms with Gasteiger partial charge in [-0.25, -0.2) is 4.68 Å². The van der Waals surface area contributed by atoms with Crippen LogP contribution in [-0.4, -0.2) is 34.1 Å². The molecule has 8 heteroatoms. The van der Waals surface area contributed by atoms with Crippen LogP contribution in [0.3, 0.4) is 0 Å². The third-order valence-corrected chi connectivity index (χ3v) is 7.08. The molecule has 0 amide bonds. The predicted molar refractivity (Wildman–Crippen MR) is 131 cm³/mol. The number of aromatic amines is 1. The number of anilines is 1. The highest BCUT2D eigenvalue weighted by Gasteiger charge is 2.25. The number of nitrogens with one attached hydrogen (secondary N) is 2. The van der Waals surface area contributed by atoms with Crippen LogP contribution in [0.15, 0.2) is 93.4 Å². The Bertz CT molecular complexity index is 1320. The summed E-state index contributed by atoms with van der Waals surface area (Å²) in [5, 5.41) is 18.0. The van der Waals surface area contributed by atoms with Crippen molar-refractivity contribution in [3.8, 4) is 5.88 Å². The number of hydrogen-bond donors (Lipinski definition) is 3. The maximum Gasteiger partial charge on any atom is 0.282 e. The molecule has 2 heterocycles. The van der Waals surface area contributed by atoms with Crippen molar-refractivity contribution in [2.75, 3.05) is 18.5 Å². The third kappa shape index (κ3) is 4.53. The van der Waals surface area contributed by atoms with Crippen LogP contribution in [0.2, 0.25) is 5.02 Å². The van der Waals surface area contributed by atoms with Crippen LogP contribution in [0.5, 0.6) is 5.88 Å². The topological polar surface area (TPSA) is 79.3 Å². The van der Waals surface area contributed by atoms with Gasteiger partial charge in [-0.2, -0.15) is 0 Å². The zero-order valence-corrected chi connectivity index (χ0v) is 19.1. The van der Waals surface area contributed by atoms with Crippen molar-refractivity contribution in [3.05, 3.63) is 105 Å². The summed E-state index contributed by atoms with van der Waals surface area (Å²) in [7, 11) is 0. The molecule has 3 aromatic carbocycles. The molecule has 3 N–H and O–H groups in total. The summed E-state index contributed by atoms with van der Waals surface area (Å²) in [5.41, 5.74) is 2.43. The van der Waals surface area contributed by atoms with Crippen LogP contribution in [0, 0.1) is 0 Å². The van der Waals surface area contributed by atoms with Gasteiger partial charge in [0.2, 0.25) is 5.88 Å². The molecule has 0 spiro atoms. The highest BCUT2D eigenvalue weighted by atomic mass is 35.5. The van der Waals surface area contributed by atoms with E-state index in [2.05, 4.69) is 10.4 Å². The van der Waals surface area contributed by atoms with Gasteiger partial charge in [-0.3, -0.25) is 9.89 Å². The lowest BCUT2D eigenvalue weighted by atomic mass is 9.98. The fourth-order valence-corrected chi connectivity index (χ4v) is 4.93. The van der Waals surface area contributed by atoms with E-state index in [0.29, 0.717) is 23.1 Å². The minimum Gasteiger partial charge on any atom is -0.493 e. The zero-order valence-electron chi connectivity index (χ0n) is 17.6. The number of aromatic nitrogens is 2. The summed E-state index contributed by atoms with van der Waals surface area (Å²) in [6.45, 7) is 1.36. The van der Waals surface area contributed by atoms with Crippen molar-refractivity contribution in [1.29, 1.82) is 0 Å². The Morgan fingerprint density at radius 1 is 1.03 bits per heavy atom. The minimum absolute atomic E-state index is 0.135. The summed E-state index contributed by atoms with van der Waals surface area (Å²) >= 11 is 7.42. The Kier molecular flexibility index (Phi) is 6.17. The second-order valence-electron chi connectivity index (χ2n) is 7.81. The average Bonchev–Trinajstić information content (AvgIpc) is 3.07. The number of rotatable bonds is 7. The highest BCUT2D eigenvalue weighted by molar-refractivity contribution is 7.99. The van der Waals surface area contributed by atoms with Gasteiger partial charge in [0.05, 0.1) is 24.3 Å². The molecule has 1 atom stereocenters. The highest BCUT2D eigenvalue weighted by Crippen LogP contribution is 2.39. The van der Waals surface area contributed by atoms with E-state index in [9.17, 15) is 9.90 Å². The lowest BCUT2D eigenvalue weighted by Gasteiger charge is -2.28. The second-order valence-corrected chi connectivity index (χ2v) is 9.27. The number of aromatic hydroxyl groups is 1. The fraction of sp³-hybridized carbons (Fsp3) is 0.160. The number of nitrogens with zero attached hydrogens (tertiary/aromatic N) is 1. The predicted octanol–water partition coefficient (Wildman–Crippen LogP) is 5.14. The van der Waals surface area contributed by atoms with Crippen LogP contribution < -0.4 is 10.9 Å². The molecule has 168 valence electrons. The molecule has 0 bridgehead atoms. The van der Waals surface area contributed by atoms with Crippen molar-refractivity contribution in [2.45, 2.75) is 21.9 Å². The first-order valence-corrected chi connectivity index (χ1v) is 11.7. The molecule has 1 aliphatic heterocycles. The van der Waals surface area contributed by atoms with Gasteiger partial charge in [0.25, 0.3) is 5.56 Å². The largest absolute Gasteiger partial charge is 0.493 e. The Labute approximate surface area is 200 Å². The SMILES string of the molecule is O=c1[nH]n(C(c2ccccc2)c2cccc(NC3COC3)c2)c(O)c1Sc1ccccc1Cl. The number of ether oxygens (including phenoxy) is 1. The van der Waals surface area contributed by atoms with Crippen LogP contribution in [0.25, 0.3) is 0 Å². The molecule has 5 rings (SSSR count). The summed E-state index contributed by atoms with van der Waals surface area (Å²) in [6.07, 6.45) is 0. The number of H-pyrrole nitrogens is 1. The second kappa shape index (κ2) is 9.39. The Morgan fingerprint density at radius 3 is 2.48 bits per heavy atom. The molecule has 4 aromatic rings. The van der Waals surface area contributed by atoms with E-state index in [0.717, 1.165) is 28.6 Å². The molecule has 1 aromatic heterocycles. The number of hydrogen-bond acceptors (Lipinski definition) is 5. The molecular weight excluding hydrogens is 458 g/mol. The van der Waals surface area contributed by atoms with Gasteiger partial charge in [-0.1, -0.05) is 78.0 Å². The Balaban J connectivity index is 1.57. The molecule has 1 aliphatic rings. The van der Waals surface area contributed by atoms with Gasteiger partial charge in [0, 0.05) is 10.6 Å². The number of halogens is 1. The van der Waals surface area contributed by atoms with Gasteiger partial charge in [-0.15, -0.1) is 0 Å². The molecule has 1 unspecified atom stereocenters. The maximum absolute atomic E-state index is 12.9. The summed E-state index contributed by atoms with van der Waals surface area (Å²) in [4.78, 5) is 13.8. The third-order valence-electron chi connectivity index (χ3n) is 5.49. The Morgan fingerprint density at radius 2 is 1.76 bits per heavy atom. The van der Waals surface area contributed by atoms with E-state index in [1.165, 1.54) is 4.68 Å². The van der Waals surface area contributed by atoms with Gasteiger partial charge in [0.15, 0.2) is 0 Å². The fourth-order valence-electron chi connectivity index (χ4n) is 3.82. The van der Waals surface area contributed by atoms with E-state index in [4.69, 9.17) is 16.3 Å². The monoisotopic (exact) mass is 479 g/mol. The van der Waals surface area contributed by atoms with E-state index < -0.39 is 6.04 Å². The average molecular weight is 480 g/mol. The first-order valence-electron chi connectivity index (χ1n) is 10.5. The van der Waals surface area contributed by atoms with E-state index >= 15 is 0 Å². The smallest absolute Gasteiger partial charge is 0.282 e. The molecule has 6 nitrogen and oxygen atoms in total. The minimum atomic E-state index is -0.432. The normalized spacial score (nSPS) is 14.6. The van der Waals surface area contributed by atoms with Crippen LogP contribution >= 0.6 is 23.4 Å². The van der Waals surface area contributed by atoms with Gasteiger partial charge < -0.3 is 15.2 Å². The lowest BCUT2D eigenvalue weighted by Crippen LogP contribution is -2.40. The lowest BCUT2D eigenvalue weighted by molar-refractivity contribution is 0.0211. The Hall–Kier alpha value is -3.13. The van der Waals surface area contributed by atoms with Crippen molar-refractivity contribution >= 4 is 29.1 Å². The maximum atomic E-state index is 12.9. The van der Waals surface area contributed by atoms with E-state index in [1.807, 2.05) is 72.8 Å². The van der Waals surface area contributed by atoms with Crippen molar-refractivity contribution in [3.63, 3.8) is 0 Å². The van der Waals surface area contributed by atoms with Crippen LogP contribution in [-0.2, 0) is 4.74 Å². The van der Waals surface area contributed by atoms with Crippen LogP contribution in [0.4, 0.5) is 5.69 Å². The van der Waals surface area contributed by atoms with Gasteiger partial charge in [-0.05, 0) is 35.4 Å². The standard InChI is InChI=1S/C25H22ClN3O3S/c26-20-11-4-5-12-21(20)33-23-24(30)28-29(25(23)31)22(16-7-2-1-3-8-16)17-9-6-10-18(13-17)27-19-14-32-15-19/h1-13,19,22,27,31H,14-15H2,(H,28,30). The van der Waals surface area contributed by atoms with E-state index in [-0.39, 0.29) is 22.4 Å². The zero-order chi connectivity index (χ0) is 22.8. The molecular formula is C25H22ClN3O3S. The summed E-state index contributed by atoms with van der Waals surface area (Å²) in [5.74, 6) is -0.135. The van der Waals surface area contributed by atoms with Crippen molar-refractivity contribution < 1.29 is 9.84 Å². The quantitative estimate of drug-likeness (QED) is 0.342. The number of benzene rings is 3. The van der Waals surface area contributed by atoms with E-state index in [1.54, 1.807) is 6.07 Å². The summed E-state index contributed by atoms with van der Waals surface area (Å²) < 4.78 is 6.78. The molecule has 0 aliphatic carbocycles. The van der Waals surface area contributed by atoms with Crippen molar-refractivity contribution in [1.82, 2.24) is 9.78 Å². The van der Waals surface area contributed by atoms with Gasteiger partial charge in [0.1, 0.15) is 10.9 Å². The van der Waals surface area contributed by atoms with Crippen LogP contribution in [0.1, 0.15) is 17.2 Å². The first-order chi connectivity index (χ1) is 16.1. The first kappa shape index (κ1) is 21.7. The molecule has 0 radical (unpaired) electrons. The molecule has 0 saturated carbocycles. The molecule has 33 heavy (non-hydrogen) atoms.